The molecule has 196 valence electrons. The number of rotatable bonds is 8. The van der Waals surface area contributed by atoms with Crippen molar-refractivity contribution in [3.05, 3.63) is 112 Å². The van der Waals surface area contributed by atoms with Gasteiger partial charge in [-0.3, -0.25) is 9.10 Å². The zero-order valence-electron chi connectivity index (χ0n) is 21.6. The van der Waals surface area contributed by atoms with Crippen LogP contribution in [0.1, 0.15) is 28.1 Å². The lowest BCUT2D eigenvalue weighted by atomic mass is 10.2. The number of amides is 1. The van der Waals surface area contributed by atoms with Gasteiger partial charge in [-0.05, 0) is 87.9 Å². The zero-order valence-corrected chi connectivity index (χ0v) is 23.2. The summed E-state index contributed by atoms with van der Waals surface area (Å²) in [5, 5.41) is 4.77. The maximum Gasteiger partial charge on any atom is 0.264 e. The maximum absolute atomic E-state index is 13.5. The Hall–Kier alpha value is -3.88. The predicted octanol–water partition coefficient (Wildman–Crippen LogP) is 5.71. The first-order chi connectivity index (χ1) is 18.1. The summed E-state index contributed by atoms with van der Waals surface area (Å²) >= 11 is 6.02. The van der Waals surface area contributed by atoms with Gasteiger partial charge in [0.15, 0.2) is 0 Å². The van der Waals surface area contributed by atoms with Crippen LogP contribution in [0.5, 0.6) is 0 Å². The number of anilines is 1. The van der Waals surface area contributed by atoms with Gasteiger partial charge in [0.25, 0.3) is 15.9 Å². The fourth-order valence-corrected chi connectivity index (χ4v) is 5.72. The van der Waals surface area contributed by atoms with Crippen molar-refractivity contribution in [1.82, 2.24) is 9.99 Å². The van der Waals surface area contributed by atoms with Crippen molar-refractivity contribution in [2.75, 3.05) is 10.8 Å². The number of nitrogens with zero attached hydrogens (tertiary/aromatic N) is 3. The highest BCUT2D eigenvalue weighted by atomic mass is 35.5. The molecule has 3 aromatic carbocycles. The molecule has 1 amide bonds. The number of carbonyl (C=O) groups excluding carboxylic acids is 1. The highest BCUT2D eigenvalue weighted by Gasteiger charge is 2.27. The number of carbonyl (C=O) groups is 1. The highest BCUT2D eigenvalue weighted by molar-refractivity contribution is 7.92. The van der Waals surface area contributed by atoms with Crippen molar-refractivity contribution in [3.8, 4) is 5.69 Å². The van der Waals surface area contributed by atoms with Crippen LogP contribution in [0.4, 0.5) is 5.69 Å². The van der Waals surface area contributed by atoms with Crippen molar-refractivity contribution in [2.45, 2.75) is 32.6 Å². The lowest BCUT2D eigenvalue weighted by Crippen LogP contribution is -2.39. The second kappa shape index (κ2) is 11.2. The Balaban J connectivity index is 1.55. The largest absolute Gasteiger partial charge is 0.318 e. The number of aromatic nitrogens is 1. The van der Waals surface area contributed by atoms with E-state index in [0.29, 0.717) is 10.7 Å². The van der Waals surface area contributed by atoms with Crippen LogP contribution < -0.4 is 9.73 Å². The van der Waals surface area contributed by atoms with E-state index in [1.54, 1.807) is 48.7 Å². The average molecular weight is 549 g/mol. The van der Waals surface area contributed by atoms with Gasteiger partial charge in [0.05, 0.1) is 16.8 Å². The van der Waals surface area contributed by atoms with Crippen LogP contribution in [-0.2, 0) is 14.8 Å². The minimum absolute atomic E-state index is 0.107. The molecule has 0 aliphatic carbocycles. The highest BCUT2D eigenvalue weighted by Crippen LogP contribution is 2.25. The SMILES string of the molecule is Cc1ccc(S(=O)(=O)N(CC(=O)N/N=C\c2cc(C)n(-c3ccc(Cl)cc3)c2C)c2cccc(C)c2)cc1. The van der Waals surface area contributed by atoms with Crippen LogP contribution in [0.25, 0.3) is 5.69 Å². The number of benzene rings is 3. The summed E-state index contributed by atoms with van der Waals surface area (Å²) in [6, 6.07) is 23.0. The first-order valence-electron chi connectivity index (χ1n) is 12.0. The molecule has 0 spiro atoms. The molecular formula is C29H29ClN4O3S. The minimum Gasteiger partial charge on any atom is -0.318 e. The van der Waals surface area contributed by atoms with Gasteiger partial charge in [0.1, 0.15) is 6.54 Å². The minimum atomic E-state index is -3.99. The molecule has 0 atom stereocenters. The Kier molecular flexibility index (Phi) is 8.04. The van der Waals surface area contributed by atoms with Crippen LogP contribution in [-0.4, -0.2) is 31.7 Å². The summed E-state index contributed by atoms with van der Waals surface area (Å²) in [7, 11) is -3.99. The fraction of sp³-hybridized carbons (Fsp3) is 0.172. The molecule has 0 saturated carbocycles. The van der Waals surface area contributed by atoms with E-state index in [0.717, 1.165) is 38.1 Å². The first-order valence-corrected chi connectivity index (χ1v) is 13.8. The third-order valence-electron chi connectivity index (χ3n) is 6.13. The molecule has 0 aliphatic rings. The normalized spacial score (nSPS) is 11.6. The van der Waals surface area contributed by atoms with Crippen molar-refractivity contribution in [3.63, 3.8) is 0 Å². The molecule has 4 aromatic rings. The second-order valence-electron chi connectivity index (χ2n) is 9.10. The number of aryl methyl sites for hydroxylation is 3. The summed E-state index contributed by atoms with van der Waals surface area (Å²) in [6.45, 7) is 7.25. The van der Waals surface area contributed by atoms with E-state index in [2.05, 4.69) is 15.1 Å². The number of nitrogens with one attached hydrogen (secondary N) is 1. The van der Waals surface area contributed by atoms with E-state index in [-0.39, 0.29) is 4.90 Å². The van der Waals surface area contributed by atoms with Gasteiger partial charge in [-0.15, -0.1) is 0 Å². The Bertz CT molecular complexity index is 1590. The first kappa shape index (κ1) is 27.2. The summed E-state index contributed by atoms with van der Waals surface area (Å²) < 4.78 is 30.2. The Morgan fingerprint density at radius 3 is 2.29 bits per heavy atom. The maximum atomic E-state index is 13.5. The molecule has 1 heterocycles. The van der Waals surface area contributed by atoms with Crippen LogP contribution in [0, 0.1) is 27.7 Å². The molecule has 7 nitrogen and oxygen atoms in total. The monoisotopic (exact) mass is 548 g/mol. The van der Waals surface area contributed by atoms with Crippen LogP contribution >= 0.6 is 11.6 Å². The predicted molar refractivity (Wildman–Crippen MR) is 153 cm³/mol. The smallest absolute Gasteiger partial charge is 0.264 e. The third kappa shape index (κ3) is 5.98. The van der Waals surface area contributed by atoms with Gasteiger partial charge < -0.3 is 4.57 Å². The topological polar surface area (TPSA) is 83.8 Å². The van der Waals surface area contributed by atoms with Gasteiger partial charge in [0, 0.05) is 27.7 Å². The molecule has 9 heteroatoms. The van der Waals surface area contributed by atoms with E-state index in [4.69, 9.17) is 11.6 Å². The standard InChI is InChI=1S/C29H29ClN4O3S/c1-20-8-14-28(15-9-20)38(36,37)33(27-7-5-6-21(2)16-27)19-29(35)32-31-18-24-17-22(3)34(23(24)4)26-12-10-25(30)11-13-26/h5-18H,19H2,1-4H3,(H,32,35)/b31-18-. The van der Waals surface area contributed by atoms with Gasteiger partial charge in [0.2, 0.25) is 0 Å². The molecule has 0 fully saturated rings. The summed E-state index contributed by atoms with van der Waals surface area (Å²) in [5.41, 5.74) is 8.40. The number of halogens is 1. The van der Waals surface area contributed by atoms with Gasteiger partial charge in [-0.1, -0.05) is 41.4 Å². The molecule has 0 radical (unpaired) electrons. The number of sulfonamides is 1. The Morgan fingerprint density at radius 2 is 1.63 bits per heavy atom. The van der Waals surface area contributed by atoms with Crippen LogP contribution in [0.3, 0.4) is 0 Å². The summed E-state index contributed by atoms with van der Waals surface area (Å²) in [5.74, 6) is -0.565. The summed E-state index contributed by atoms with van der Waals surface area (Å²) in [6.07, 6.45) is 1.55. The molecule has 0 saturated heterocycles. The second-order valence-corrected chi connectivity index (χ2v) is 11.4. The average Bonchev–Trinajstić information content (AvgIpc) is 3.16. The van der Waals surface area contributed by atoms with Crippen molar-refractivity contribution < 1.29 is 13.2 Å². The lowest BCUT2D eigenvalue weighted by Gasteiger charge is -2.24. The van der Waals surface area contributed by atoms with Crippen LogP contribution in [0.15, 0.2) is 88.9 Å². The van der Waals surface area contributed by atoms with Crippen molar-refractivity contribution in [1.29, 1.82) is 0 Å². The molecule has 38 heavy (non-hydrogen) atoms. The Morgan fingerprint density at radius 1 is 0.947 bits per heavy atom. The summed E-state index contributed by atoms with van der Waals surface area (Å²) in [4.78, 5) is 13.0. The van der Waals surface area contributed by atoms with Crippen molar-refractivity contribution >= 4 is 39.4 Å². The van der Waals surface area contributed by atoms with Crippen molar-refractivity contribution in [2.24, 2.45) is 5.10 Å². The van der Waals surface area contributed by atoms with Gasteiger partial charge in [-0.2, -0.15) is 5.10 Å². The quantitative estimate of drug-likeness (QED) is 0.226. The van der Waals surface area contributed by atoms with Gasteiger partial charge >= 0.3 is 0 Å². The van der Waals surface area contributed by atoms with E-state index in [1.165, 1.54) is 0 Å². The molecule has 4 rings (SSSR count). The number of hydrogen-bond acceptors (Lipinski definition) is 4. The third-order valence-corrected chi connectivity index (χ3v) is 8.17. The molecule has 0 aliphatic heterocycles. The van der Waals surface area contributed by atoms with Gasteiger partial charge in [-0.25, -0.2) is 13.8 Å². The van der Waals surface area contributed by atoms with E-state index >= 15 is 0 Å². The van der Waals surface area contributed by atoms with Crippen LogP contribution in [0.2, 0.25) is 5.02 Å². The number of hydrazone groups is 1. The van der Waals surface area contributed by atoms with E-state index in [9.17, 15) is 13.2 Å². The molecule has 1 N–H and O–H groups in total. The lowest BCUT2D eigenvalue weighted by molar-refractivity contribution is -0.119. The zero-order chi connectivity index (χ0) is 27.4. The molecule has 0 bridgehead atoms. The molecule has 1 aromatic heterocycles. The number of hydrogen-bond donors (Lipinski definition) is 1. The van der Waals surface area contributed by atoms with E-state index < -0.39 is 22.5 Å². The molecular weight excluding hydrogens is 520 g/mol. The molecule has 0 unspecified atom stereocenters. The Labute approximate surface area is 228 Å². The van der Waals surface area contributed by atoms with E-state index in [1.807, 2.05) is 64.1 Å². The fourth-order valence-electron chi connectivity index (χ4n) is 4.18.